The Labute approximate surface area is 220 Å². The molecule has 9 nitrogen and oxygen atoms in total. The van der Waals surface area contributed by atoms with Gasteiger partial charge in [-0.05, 0) is 65.4 Å². The maximum absolute atomic E-state index is 12.3. The Kier molecular flexibility index (Phi) is 10.6. The van der Waals surface area contributed by atoms with Crippen molar-refractivity contribution < 1.29 is 9.90 Å². The minimum atomic E-state index is -0.453. The number of phenolic OH excluding ortho intramolecular Hbond substituents is 1. The number of nitrogens with zero attached hydrogens (tertiary/aromatic N) is 2. The summed E-state index contributed by atoms with van der Waals surface area (Å²) >= 11 is 9.32. The molecule has 0 saturated heterocycles. The summed E-state index contributed by atoms with van der Waals surface area (Å²) in [6.45, 7) is 12.4. The monoisotopic (exact) mass is 569 g/mol. The second-order valence-electron chi connectivity index (χ2n) is 9.56. The van der Waals surface area contributed by atoms with Crippen molar-refractivity contribution in [3.05, 3.63) is 38.6 Å². The van der Waals surface area contributed by atoms with Crippen molar-refractivity contribution in [3.63, 3.8) is 0 Å². The van der Waals surface area contributed by atoms with E-state index in [1.165, 1.54) is 0 Å². The summed E-state index contributed by atoms with van der Waals surface area (Å²) in [4.78, 5) is 20.0. The topological polar surface area (TPSA) is 151 Å². The van der Waals surface area contributed by atoms with Crippen molar-refractivity contribution in [1.29, 1.82) is 0 Å². The van der Waals surface area contributed by atoms with Crippen LogP contribution in [0.15, 0.2) is 16.6 Å². The molecule has 0 bridgehead atoms. The molecule has 0 aliphatic heterocycles. The number of phenols is 1. The molecule has 1 aromatic carbocycles. The van der Waals surface area contributed by atoms with E-state index in [2.05, 4.69) is 82.5 Å². The summed E-state index contributed by atoms with van der Waals surface area (Å²) in [6, 6.07) is 4.30. The first-order valence-corrected chi connectivity index (χ1v) is 12.9. The first-order chi connectivity index (χ1) is 16.3. The lowest BCUT2D eigenvalue weighted by atomic mass is 9.85. The number of aromatic hydroxyl groups is 1. The number of hydrogen-bond donors (Lipinski definition) is 6. The number of nitrogens with one attached hydrogen (secondary N) is 3. The van der Waals surface area contributed by atoms with E-state index < -0.39 is 5.91 Å². The van der Waals surface area contributed by atoms with Crippen molar-refractivity contribution in [3.8, 4) is 5.75 Å². The number of benzene rings is 1. The van der Waals surface area contributed by atoms with Gasteiger partial charge in [0.15, 0.2) is 22.5 Å². The fourth-order valence-electron chi connectivity index (χ4n) is 3.56. The van der Waals surface area contributed by atoms with Gasteiger partial charge in [-0.1, -0.05) is 39.3 Å². The Bertz CT molecular complexity index is 1030. The molecule has 2 aromatic rings. The first-order valence-electron chi connectivity index (χ1n) is 11.7. The Balaban J connectivity index is 1.82. The van der Waals surface area contributed by atoms with Crippen LogP contribution in [0.2, 0.25) is 5.15 Å². The normalized spacial score (nSPS) is 13.5. The molecule has 0 aliphatic carbocycles. The number of amides is 1. The molecule has 0 aliphatic rings. The van der Waals surface area contributed by atoms with Crippen LogP contribution in [0.4, 0.5) is 11.6 Å². The number of anilines is 2. The fraction of sp³-hybridized carbons (Fsp3) is 0.542. The molecule has 2 unspecified atom stereocenters. The number of nitrogen functional groups attached to an aromatic ring is 2. The standard InChI is InChI=1S/C24H37BrClN7O2/c1-6-15(30-9-10-31-23(35)18-21(27)33-22(28)20(26)32-18)7-8-29-13(2)16-11-14(24(3,4)5)12-17(25)19(16)34/h11-13,15,29-30,34H,6-10H2,1-5H3,(H,31,35)(H4,27,28,33). The van der Waals surface area contributed by atoms with Crippen LogP contribution in [-0.2, 0) is 5.41 Å². The highest BCUT2D eigenvalue weighted by atomic mass is 79.9. The Morgan fingerprint density at radius 2 is 1.83 bits per heavy atom. The number of hydrogen-bond acceptors (Lipinski definition) is 8. The summed E-state index contributed by atoms with van der Waals surface area (Å²) in [6.07, 6.45) is 1.83. The minimum Gasteiger partial charge on any atom is -0.506 e. The lowest BCUT2D eigenvalue weighted by Crippen LogP contribution is -2.38. The van der Waals surface area contributed by atoms with Crippen LogP contribution in [0.1, 0.15) is 75.1 Å². The smallest absolute Gasteiger partial charge is 0.273 e. The van der Waals surface area contributed by atoms with Gasteiger partial charge in [-0.25, -0.2) is 9.97 Å². The number of nitrogens with two attached hydrogens (primary N) is 2. The van der Waals surface area contributed by atoms with Gasteiger partial charge in [-0.3, -0.25) is 4.79 Å². The fourth-order valence-corrected chi connectivity index (χ4v) is 4.16. The second-order valence-corrected chi connectivity index (χ2v) is 10.8. The Hall–Kier alpha value is -2.14. The van der Waals surface area contributed by atoms with Gasteiger partial charge in [0.2, 0.25) is 0 Å². The maximum Gasteiger partial charge on any atom is 0.273 e. The van der Waals surface area contributed by atoms with Gasteiger partial charge in [-0.15, -0.1) is 0 Å². The van der Waals surface area contributed by atoms with E-state index in [0.717, 1.165) is 30.5 Å². The summed E-state index contributed by atoms with van der Waals surface area (Å²) in [5.74, 6) is -0.256. The quantitative estimate of drug-likeness (QED) is 0.223. The van der Waals surface area contributed by atoms with E-state index in [1.54, 1.807) is 0 Å². The number of rotatable bonds is 11. The van der Waals surface area contributed by atoms with Gasteiger partial charge >= 0.3 is 0 Å². The number of carbonyl (C=O) groups is 1. The third kappa shape index (κ3) is 8.20. The molecule has 11 heteroatoms. The van der Waals surface area contributed by atoms with Crippen LogP contribution in [0.5, 0.6) is 5.75 Å². The molecule has 8 N–H and O–H groups in total. The van der Waals surface area contributed by atoms with E-state index in [-0.39, 0.29) is 45.7 Å². The van der Waals surface area contributed by atoms with Gasteiger partial charge in [-0.2, -0.15) is 0 Å². The van der Waals surface area contributed by atoms with Crippen molar-refractivity contribution >= 4 is 45.1 Å². The van der Waals surface area contributed by atoms with Crippen molar-refractivity contribution in [2.75, 3.05) is 31.1 Å². The molecule has 0 fully saturated rings. The number of carbonyl (C=O) groups excluding carboxylic acids is 1. The SMILES string of the molecule is CCC(CCNC(C)c1cc(C(C)(C)C)cc(Br)c1O)NCCNC(=O)c1nc(Cl)c(N)nc1N. The number of aromatic nitrogens is 2. The van der Waals surface area contributed by atoms with E-state index in [0.29, 0.717) is 17.6 Å². The zero-order valence-corrected chi connectivity index (χ0v) is 23.3. The summed E-state index contributed by atoms with van der Waals surface area (Å²) in [5, 5.41) is 20.2. The highest BCUT2D eigenvalue weighted by Gasteiger charge is 2.21. The molecule has 0 spiro atoms. The van der Waals surface area contributed by atoms with Crippen molar-refractivity contribution in [2.45, 2.75) is 65.0 Å². The van der Waals surface area contributed by atoms with Gasteiger partial charge in [0.05, 0.1) is 4.47 Å². The molecule has 2 rings (SSSR count). The van der Waals surface area contributed by atoms with Gasteiger partial charge < -0.3 is 32.5 Å². The van der Waals surface area contributed by atoms with E-state index in [1.807, 2.05) is 6.07 Å². The third-order valence-corrected chi connectivity index (χ3v) is 6.71. The lowest BCUT2D eigenvalue weighted by Gasteiger charge is -2.24. The second kappa shape index (κ2) is 12.7. The molecule has 0 saturated carbocycles. The van der Waals surface area contributed by atoms with Crippen LogP contribution in [0.3, 0.4) is 0 Å². The van der Waals surface area contributed by atoms with Gasteiger partial charge in [0.25, 0.3) is 5.91 Å². The number of halogens is 2. The molecule has 1 heterocycles. The van der Waals surface area contributed by atoms with Crippen molar-refractivity contribution in [1.82, 2.24) is 25.9 Å². The van der Waals surface area contributed by atoms with Crippen molar-refractivity contribution in [2.24, 2.45) is 0 Å². The summed E-state index contributed by atoms with van der Waals surface area (Å²) in [7, 11) is 0. The molecule has 2 atom stereocenters. The summed E-state index contributed by atoms with van der Waals surface area (Å²) < 4.78 is 0.706. The zero-order valence-electron chi connectivity index (χ0n) is 21.0. The summed E-state index contributed by atoms with van der Waals surface area (Å²) in [5.41, 5.74) is 13.2. The highest BCUT2D eigenvalue weighted by molar-refractivity contribution is 9.10. The van der Waals surface area contributed by atoms with Gasteiger partial charge in [0.1, 0.15) is 5.75 Å². The largest absolute Gasteiger partial charge is 0.506 e. The van der Waals surface area contributed by atoms with E-state index in [9.17, 15) is 9.90 Å². The molecule has 194 valence electrons. The Morgan fingerprint density at radius 3 is 2.46 bits per heavy atom. The third-order valence-electron chi connectivity index (χ3n) is 5.83. The first kappa shape index (κ1) is 29.1. The molecule has 35 heavy (non-hydrogen) atoms. The van der Waals surface area contributed by atoms with E-state index in [4.69, 9.17) is 23.1 Å². The van der Waals surface area contributed by atoms with Crippen LogP contribution in [-0.4, -0.2) is 46.7 Å². The average Bonchev–Trinajstić information content (AvgIpc) is 2.78. The minimum absolute atomic E-state index is 0.0105. The van der Waals surface area contributed by atoms with Crippen LogP contribution in [0.25, 0.3) is 0 Å². The predicted molar refractivity (Wildman–Crippen MR) is 146 cm³/mol. The predicted octanol–water partition coefficient (Wildman–Crippen LogP) is 3.90. The van der Waals surface area contributed by atoms with E-state index >= 15 is 0 Å². The highest BCUT2D eigenvalue weighted by Crippen LogP contribution is 2.37. The lowest BCUT2D eigenvalue weighted by molar-refractivity contribution is 0.0949. The van der Waals surface area contributed by atoms with Gasteiger partial charge in [0, 0.05) is 30.7 Å². The molecule has 1 amide bonds. The Morgan fingerprint density at radius 1 is 1.14 bits per heavy atom. The van der Waals surface area contributed by atoms with Crippen LogP contribution in [0, 0.1) is 0 Å². The molecule has 1 aromatic heterocycles. The maximum atomic E-state index is 12.3. The van der Waals surface area contributed by atoms with Crippen LogP contribution >= 0.6 is 27.5 Å². The zero-order chi connectivity index (χ0) is 26.3. The molecular formula is C24H37BrClN7O2. The average molecular weight is 571 g/mol. The molecular weight excluding hydrogens is 534 g/mol. The van der Waals surface area contributed by atoms with Crippen LogP contribution < -0.4 is 27.4 Å². The molecule has 0 radical (unpaired) electrons.